The van der Waals surface area contributed by atoms with E-state index in [1.807, 2.05) is 35.1 Å². The number of aliphatic imine (C=N–C) groups is 1. The Morgan fingerprint density at radius 3 is 2.26 bits per heavy atom. The van der Waals surface area contributed by atoms with Crippen molar-refractivity contribution in [3.8, 4) is 0 Å². The fraction of sp³-hybridized carbons (Fsp3) is 0.444. The molecule has 0 saturated heterocycles. The van der Waals surface area contributed by atoms with Crippen LogP contribution in [0, 0.1) is 0 Å². The van der Waals surface area contributed by atoms with E-state index < -0.39 is 34.1 Å². The monoisotopic (exact) mass is 576 g/mol. The molecule has 0 aromatic heterocycles. The van der Waals surface area contributed by atoms with Crippen LogP contribution in [0.2, 0.25) is 0 Å². The molecule has 1 heterocycles. The standard InChI is InChI=1S/C27H36N4O6S2/c1-5-20-17-38-25(28-20)23(16-19-11-13-21(14-12-19)31-39(34,35)36)29-24(32)22(15-18-9-7-6-8-10-18)30-26(33)37-27(2,3)4/h6-14,20,22-23,31H,5,15-17H2,1-4H3,(H,29,32)(H,30,33)(H,34,35,36)/t20?,22-,23+/m1/s1. The summed E-state index contributed by atoms with van der Waals surface area (Å²) in [7, 11) is -4.38. The third kappa shape index (κ3) is 10.5. The average Bonchev–Trinajstić information content (AvgIpc) is 3.32. The van der Waals surface area contributed by atoms with Crippen LogP contribution in [0.25, 0.3) is 0 Å². The van der Waals surface area contributed by atoms with Crippen molar-refractivity contribution in [1.29, 1.82) is 0 Å². The maximum Gasteiger partial charge on any atom is 0.408 e. The zero-order valence-corrected chi connectivity index (χ0v) is 24.1. The lowest BCUT2D eigenvalue weighted by molar-refractivity contribution is -0.123. The van der Waals surface area contributed by atoms with Crippen LogP contribution >= 0.6 is 11.8 Å². The number of alkyl carbamates (subject to hydrolysis) is 1. The molecule has 2 aromatic rings. The molecule has 0 spiro atoms. The second-order valence-electron chi connectivity index (χ2n) is 10.3. The van der Waals surface area contributed by atoms with Crippen LogP contribution in [-0.2, 0) is 32.7 Å². The zero-order valence-electron chi connectivity index (χ0n) is 22.5. The Morgan fingerprint density at radius 1 is 1.05 bits per heavy atom. The molecule has 0 fully saturated rings. The van der Waals surface area contributed by atoms with Crippen LogP contribution < -0.4 is 15.4 Å². The van der Waals surface area contributed by atoms with Crippen LogP contribution in [0.1, 0.15) is 45.2 Å². The van der Waals surface area contributed by atoms with Crippen molar-refractivity contribution < 1.29 is 27.3 Å². The highest BCUT2D eigenvalue weighted by Crippen LogP contribution is 2.24. The lowest BCUT2D eigenvalue weighted by Crippen LogP contribution is -2.53. The first-order chi connectivity index (χ1) is 18.3. The summed E-state index contributed by atoms with van der Waals surface area (Å²) in [5.74, 6) is 0.446. The summed E-state index contributed by atoms with van der Waals surface area (Å²) in [4.78, 5) is 31.0. The molecule has 4 N–H and O–H groups in total. The number of hydrogen-bond acceptors (Lipinski definition) is 7. The van der Waals surface area contributed by atoms with Gasteiger partial charge in [0.1, 0.15) is 11.6 Å². The van der Waals surface area contributed by atoms with Gasteiger partial charge in [-0.2, -0.15) is 8.42 Å². The minimum atomic E-state index is -4.38. The molecule has 0 saturated carbocycles. The highest BCUT2D eigenvalue weighted by Gasteiger charge is 2.30. The van der Waals surface area contributed by atoms with Crippen LogP contribution in [0.4, 0.5) is 10.5 Å². The van der Waals surface area contributed by atoms with Crippen LogP contribution in [0.5, 0.6) is 0 Å². The Balaban J connectivity index is 1.82. The van der Waals surface area contributed by atoms with Gasteiger partial charge in [0.15, 0.2) is 0 Å². The average molecular weight is 577 g/mol. The number of nitrogens with one attached hydrogen (secondary N) is 3. The number of benzene rings is 2. The molecule has 1 unspecified atom stereocenters. The summed E-state index contributed by atoms with van der Waals surface area (Å²) in [6, 6.07) is 14.7. The maximum absolute atomic E-state index is 13.6. The highest BCUT2D eigenvalue weighted by molar-refractivity contribution is 8.14. The molecule has 0 radical (unpaired) electrons. The van der Waals surface area contributed by atoms with E-state index in [1.54, 1.807) is 44.7 Å². The summed E-state index contributed by atoms with van der Waals surface area (Å²) in [6.07, 6.45) is 0.858. The molecule has 2 amide bonds. The van der Waals surface area contributed by atoms with Crippen molar-refractivity contribution in [2.24, 2.45) is 4.99 Å². The number of anilines is 1. The number of hydrogen-bond donors (Lipinski definition) is 4. The van der Waals surface area contributed by atoms with E-state index in [1.165, 1.54) is 12.1 Å². The van der Waals surface area contributed by atoms with Crippen molar-refractivity contribution >= 4 is 44.8 Å². The number of carbonyl (C=O) groups is 2. The third-order valence-electron chi connectivity index (χ3n) is 5.75. The predicted molar refractivity (Wildman–Crippen MR) is 155 cm³/mol. The van der Waals surface area contributed by atoms with Crippen LogP contribution in [-0.4, -0.2) is 59.5 Å². The normalized spacial score (nSPS) is 17.1. The Hall–Kier alpha value is -3.09. The number of thioether (sulfide) groups is 1. The lowest BCUT2D eigenvalue weighted by Gasteiger charge is -2.26. The van der Waals surface area contributed by atoms with Crippen molar-refractivity contribution in [1.82, 2.24) is 10.6 Å². The van der Waals surface area contributed by atoms with Gasteiger partial charge in [-0.05, 0) is 56.9 Å². The molecule has 1 aliphatic heterocycles. The Labute approximate surface area is 234 Å². The van der Waals surface area contributed by atoms with Gasteiger partial charge >= 0.3 is 16.4 Å². The zero-order chi connectivity index (χ0) is 28.6. The molecule has 0 aliphatic carbocycles. The van der Waals surface area contributed by atoms with E-state index >= 15 is 0 Å². The van der Waals surface area contributed by atoms with Gasteiger partial charge in [0.25, 0.3) is 0 Å². The highest BCUT2D eigenvalue weighted by atomic mass is 32.2. The maximum atomic E-state index is 13.6. The number of carbonyl (C=O) groups excluding carboxylic acids is 2. The summed E-state index contributed by atoms with van der Waals surface area (Å²) in [6.45, 7) is 7.33. The van der Waals surface area contributed by atoms with Crippen molar-refractivity contribution in [2.75, 3.05) is 10.5 Å². The van der Waals surface area contributed by atoms with Crippen LogP contribution in [0.3, 0.4) is 0 Å². The number of ether oxygens (including phenoxy) is 1. The second kappa shape index (κ2) is 13.3. The van der Waals surface area contributed by atoms with Gasteiger partial charge in [-0.15, -0.1) is 11.8 Å². The third-order valence-corrected chi connectivity index (χ3v) is 7.48. The van der Waals surface area contributed by atoms with Gasteiger partial charge in [0, 0.05) is 12.2 Å². The van der Waals surface area contributed by atoms with Crippen molar-refractivity contribution in [2.45, 2.75) is 70.7 Å². The first-order valence-electron chi connectivity index (χ1n) is 12.7. The molecule has 3 rings (SSSR count). The van der Waals surface area contributed by atoms with E-state index in [-0.39, 0.29) is 24.1 Å². The van der Waals surface area contributed by atoms with Gasteiger partial charge in [-0.3, -0.25) is 19.1 Å². The SMILES string of the molecule is CCC1CSC([C@H](Cc2ccc(NS(=O)(=O)O)cc2)NC(=O)[C@@H](Cc2ccccc2)NC(=O)OC(C)(C)C)=N1. The van der Waals surface area contributed by atoms with Gasteiger partial charge in [-0.25, -0.2) is 4.79 Å². The lowest BCUT2D eigenvalue weighted by atomic mass is 10.0. The largest absolute Gasteiger partial charge is 0.444 e. The quantitative estimate of drug-likeness (QED) is 0.296. The number of rotatable bonds is 11. The fourth-order valence-corrected chi connectivity index (χ4v) is 5.58. The van der Waals surface area contributed by atoms with Gasteiger partial charge in [0.05, 0.1) is 22.8 Å². The van der Waals surface area contributed by atoms with Gasteiger partial charge < -0.3 is 15.4 Å². The van der Waals surface area contributed by atoms with E-state index in [4.69, 9.17) is 14.3 Å². The van der Waals surface area contributed by atoms with Crippen molar-refractivity contribution in [3.63, 3.8) is 0 Å². The topological polar surface area (TPSA) is 146 Å². The summed E-state index contributed by atoms with van der Waals surface area (Å²) >= 11 is 1.59. The van der Waals surface area contributed by atoms with Crippen LogP contribution in [0.15, 0.2) is 59.6 Å². The molecule has 10 nitrogen and oxygen atoms in total. The molecule has 3 atom stereocenters. The van der Waals surface area contributed by atoms with Crippen molar-refractivity contribution in [3.05, 3.63) is 65.7 Å². The summed E-state index contributed by atoms with van der Waals surface area (Å²) in [5, 5.41) is 6.60. The summed E-state index contributed by atoms with van der Waals surface area (Å²) < 4.78 is 38.6. The molecule has 212 valence electrons. The van der Waals surface area contributed by atoms with E-state index in [0.717, 1.165) is 28.3 Å². The summed E-state index contributed by atoms with van der Waals surface area (Å²) in [5.41, 5.74) is 1.20. The predicted octanol–water partition coefficient (Wildman–Crippen LogP) is 3.99. The molecular weight excluding hydrogens is 540 g/mol. The number of amides is 2. The minimum Gasteiger partial charge on any atom is -0.444 e. The second-order valence-corrected chi connectivity index (χ2v) is 12.5. The van der Waals surface area contributed by atoms with E-state index in [0.29, 0.717) is 6.42 Å². The van der Waals surface area contributed by atoms with Gasteiger partial charge in [-0.1, -0.05) is 49.4 Å². The molecule has 0 bridgehead atoms. The Morgan fingerprint density at radius 2 is 1.69 bits per heavy atom. The van der Waals surface area contributed by atoms with E-state index in [9.17, 15) is 18.0 Å². The molecular formula is C27H36N4O6S2. The van der Waals surface area contributed by atoms with Gasteiger partial charge in [0.2, 0.25) is 5.91 Å². The fourth-order valence-electron chi connectivity index (χ4n) is 3.91. The first kappa shape index (κ1) is 30.5. The minimum absolute atomic E-state index is 0.158. The first-order valence-corrected chi connectivity index (χ1v) is 15.1. The molecule has 39 heavy (non-hydrogen) atoms. The Bertz CT molecular complexity index is 1260. The smallest absolute Gasteiger partial charge is 0.408 e. The molecule has 2 aromatic carbocycles. The Kier molecular flexibility index (Phi) is 10.4. The molecule has 12 heteroatoms. The number of nitrogens with zero attached hydrogens (tertiary/aromatic N) is 1. The molecule has 1 aliphatic rings. The van der Waals surface area contributed by atoms with E-state index in [2.05, 4.69) is 17.6 Å².